The van der Waals surface area contributed by atoms with E-state index in [0.29, 0.717) is 12.2 Å². The average Bonchev–Trinajstić information content (AvgIpc) is 2.79. The Bertz CT molecular complexity index is 1110. The third kappa shape index (κ3) is 4.20. The number of hydrogen-bond donors (Lipinski definition) is 0. The SMILES string of the molecule is CCC(=O)c1ccc(-c2nc(-c3ccc(C)cc3)cc(-c3ccc(C)cc3)n2)cc1. The molecule has 0 fully saturated rings. The Balaban J connectivity index is 1.83. The number of aryl methyl sites for hydroxylation is 2. The molecule has 1 aromatic heterocycles. The molecule has 0 saturated carbocycles. The van der Waals surface area contributed by atoms with E-state index in [2.05, 4.69) is 62.4 Å². The molecule has 0 bridgehead atoms. The third-order valence-electron chi connectivity index (χ3n) is 5.21. The third-order valence-corrected chi connectivity index (χ3v) is 5.21. The lowest BCUT2D eigenvalue weighted by molar-refractivity contribution is 0.0988. The van der Waals surface area contributed by atoms with Crippen molar-refractivity contribution >= 4 is 5.78 Å². The zero-order chi connectivity index (χ0) is 21.1. The zero-order valence-corrected chi connectivity index (χ0v) is 17.5. The smallest absolute Gasteiger partial charge is 0.162 e. The summed E-state index contributed by atoms with van der Waals surface area (Å²) in [4.78, 5) is 21.7. The van der Waals surface area contributed by atoms with Crippen molar-refractivity contribution in [3.8, 4) is 33.9 Å². The normalized spacial score (nSPS) is 10.8. The maximum Gasteiger partial charge on any atom is 0.162 e. The van der Waals surface area contributed by atoms with Gasteiger partial charge >= 0.3 is 0 Å². The molecule has 148 valence electrons. The molecule has 0 spiro atoms. The van der Waals surface area contributed by atoms with Crippen molar-refractivity contribution in [1.29, 1.82) is 0 Å². The molecule has 0 unspecified atom stereocenters. The molecule has 0 N–H and O–H groups in total. The van der Waals surface area contributed by atoms with Crippen LogP contribution in [0.5, 0.6) is 0 Å². The van der Waals surface area contributed by atoms with Crippen molar-refractivity contribution in [2.45, 2.75) is 27.2 Å². The molecule has 4 aromatic rings. The number of carbonyl (C=O) groups is 1. The van der Waals surface area contributed by atoms with E-state index in [1.165, 1.54) is 11.1 Å². The first kappa shape index (κ1) is 19.7. The first-order valence-corrected chi connectivity index (χ1v) is 10.2. The minimum atomic E-state index is 0.135. The van der Waals surface area contributed by atoms with E-state index in [1.54, 1.807) is 0 Å². The number of Topliss-reactive ketones (excluding diaryl/α,β-unsaturated/α-hetero) is 1. The fourth-order valence-corrected chi connectivity index (χ4v) is 3.33. The summed E-state index contributed by atoms with van der Waals surface area (Å²) in [6, 6.07) is 26.3. The minimum Gasteiger partial charge on any atom is -0.294 e. The van der Waals surface area contributed by atoms with Gasteiger partial charge in [-0.2, -0.15) is 0 Å². The van der Waals surface area contributed by atoms with Gasteiger partial charge in [-0.1, -0.05) is 90.8 Å². The summed E-state index contributed by atoms with van der Waals surface area (Å²) >= 11 is 0. The molecule has 3 heteroatoms. The monoisotopic (exact) mass is 392 g/mol. The van der Waals surface area contributed by atoms with Gasteiger partial charge in [-0.15, -0.1) is 0 Å². The summed E-state index contributed by atoms with van der Waals surface area (Å²) in [6.45, 7) is 6.02. The topological polar surface area (TPSA) is 42.9 Å². The van der Waals surface area contributed by atoms with Gasteiger partial charge in [0.2, 0.25) is 0 Å². The Kier molecular flexibility index (Phi) is 5.53. The largest absolute Gasteiger partial charge is 0.294 e. The fraction of sp³-hybridized carbons (Fsp3) is 0.148. The second kappa shape index (κ2) is 8.42. The van der Waals surface area contributed by atoms with Crippen LogP contribution in [-0.2, 0) is 0 Å². The van der Waals surface area contributed by atoms with Crippen LogP contribution in [0.4, 0.5) is 0 Å². The summed E-state index contributed by atoms with van der Waals surface area (Å²) in [7, 11) is 0. The van der Waals surface area contributed by atoms with Crippen LogP contribution in [0.25, 0.3) is 33.9 Å². The van der Waals surface area contributed by atoms with Crippen LogP contribution in [0.1, 0.15) is 34.8 Å². The van der Waals surface area contributed by atoms with Crippen molar-refractivity contribution in [3.05, 3.63) is 95.6 Å². The van der Waals surface area contributed by atoms with Crippen LogP contribution in [0.15, 0.2) is 78.9 Å². The molecule has 1 heterocycles. The van der Waals surface area contributed by atoms with E-state index in [9.17, 15) is 4.79 Å². The molecule has 4 rings (SSSR count). The Labute approximate surface area is 177 Å². The number of ketones is 1. The number of benzene rings is 3. The van der Waals surface area contributed by atoms with Crippen molar-refractivity contribution in [2.75, 3.05) is 0 Å². The minimum absolute atomic E-state index is 0.135. The summed E-state index contributed by atoms with van der Waals surface area (Å²) in [6.07, 6.45) is 0.496. The highest BCUT2D eigenvalue weighted by Crippen LogP contribution is 2.28. The highest BCUT2D eigenvalue weighted by Gasteiger charge is 2.11. The summed E-state index contributed by atoms with van der Waals surface area (Å²) in [5.74, 6) is 0.787. The molecule has 0 aliphatic rings. The van der Waals surface area contributed by atoms with Crippen LogP contribution in [-0.4, -0.2) is 15.8 Å². The molecule has 3 nitrogen and oxygen atoms in total. The van der Waals surface area contributed by atoms with E-state index in [0.717, 1.165) is 33.6 Å². The number of hydrogen-bond acceptors (Lipinski definition) is 3. The molecule has 3 aromatic carbocycles. The van der Waals surface area contributed by atoms with Gasteiger partial charge in [0.15, 0.2) is 11.6 Å². The lowest BCUT2D eigenvalue weighted by Gasteiger charge is -2.10. The predicted molar refractivity (Wildman–Crippen MR) is 122 cm³/mol. The maximum absolute atomic E-state index is 12.0. The number of nitrogens with zero attached hydrogens (tertiary/aromatic N) is 2. The highest BCUT2D eigenvalue weighted by atomic mass is 16.1. The van der Waals surface area contributed by atoms with E-state index in [1.807, 2.05) is 37.3 Å². The second-order valence-electron chi connectivity index (χ2n) is 7.55. The number of carbonyl (C=O) groups excluding carboxylic acids is 1. The van der Waals surface area contributed by atoms with Gasteiger partial charge in [0, 0.05) is 28.7 Å². The van der Waals surface area contributed by atoms with Gasteiger partial charge in [-0.05, 0) is 19.9 Å². The summed E-state index contributed by atoms with van der Waals surface area (Å²) in [5.41, 5.74) is 7.89. The Hall–Kier alpha value is -3.59. The molecule has 0 atom stereocenters. The Morgan fingerprint density at radius 3 is 1.53 bits per heavy atom. The Morgan fingerprint density at radius 2 is 1.10 bits per heavy atom. The van der Waals surface area contributed by atoms with Gasteiger partial charge in [0.05, 0.1) is 11.4 Å². The quantitative estimate of drug-likeness (QED) is 0.355. The summed E-state index contributed by atoms with van der Waals surface area (Å²) in [5, 5.41) is 0. The van der Waals surface area contributed by atoms with Crippen molar-refractivity contribution in [1.82, 2.24) is 9.97 Å². The Morgan fingerprint density at radius 1 is 0.667 bits per heavy atom. The van der Waals surface area contributed by atoms with Gasteiger partial charge < -0.3 is 0 Å². The summed E-state index contributed by atoms with van der Waals surface area (Å²) < 4.78 is 0. The molecule has 0 aliphatic heterocycles. The fourth-order valence-electron chi connectivity index (χ4n) is 3.33. The first-order chi connectivity index (χ1) is 14.5. The molecular weight excluding hydrogens is 368 g/mol. The van der Waals surface area contributed by atoms with Gasteiger partial charge in [-0.3, -0.25) is 4.79 Å². The highest BCUT2D eigenvalue weighted by molar-refractivity contribution is 5.96. The molecule has 0 aliphatic carbocycles. The second-order valence-corrected chi connectivity index (χ2v) is 7.55. The van der Waals surface area contributed by atoms with E-state index in [-0.39, 0.29) is 5.78 Å². The maximum atomic E-state index is 12.0. The lowest BCUT2D eigenvalue weighted by Crippen LogP contribution is -1.98. The van der Waals surface area contributed by atoms with Crippen molar-refractivity contribution < 1.29 is 4.79 Å². The van der Waals surface area contributed by atoms with E-state index in [4.69, 9.17) is 9.97 Å². The average molecular weight is 393 g/mol. The molecule has 0 saturated heterocycles. The van der Waals surface area contributed by atoms with Crippen LogP contribution >= 0.6 is 0 Å². The van der Waals surface area contributed by atoms with Gasteiger partial charge in [-0.25, -0.2) is 9.97 Å². The molecule has 0 amide bonds. The van der Waals surface area contributed by atoms with E-state index >= 15 is 0 Å². The zero-order valence-electron chi connectivity index (χ0n) is 17.5. The van der Waals surface area contributed by atoms with Crippen LogP contribution in [0, 0.1) is 13.8 Å². The van der Waals surface area contributed by atoms with Gasteiger partial charge in [0.1, 0.15) is 0 Å². The number of aromatic nitrogens is 2. The number of rotatable bonds is 5. The first-order valence-electron chi connectivity index (χ1n) is 10.2. The van der Waals surface area contributed by atoms with Crippen molar-refractivity contribution in [2.24, 2.45) is 0 Å². The van der Waals surface area contributed by atoms with Crippen molar-refractivity contribution in [3.63, 3.8) is 0 Å². The standard InChI is InChI=1S/C27H24N2O/c1-4-26(30)22-13-15-23(16-14-22)27-28-24(20-9-5-18(2)6-10-20)17-25(29-27)21-11-7-19(3)8-12-21/h5-17H,4H2,1-3H3. The lowest BCUT2D eigenvalue weighted by atomic mass is 10.0. The van der Waals surface area contributed by atoms with E-state index < -0.39 is 0 Å². The molecular formula is C27H24N2O. The van der Waals surface area contributed by atoms with Crippen LogP contribution in [0.3, 0.4) is 0 Å². The van der Waals surface area contributed by atoms with Crippen LogP contribution < -0.4 is 0 Å². The predicted octanol–water partition coefficient (Wildman–Crippen LogP) is 6.69. The molecule has 30 heavy (non-hydrogen) atoms. The molecule has 0 radical (unpaired) electrons. The van der Waals surface area contributed by atoms with Gasteiger partial charge in [0.25, 0.3) is 0 Å². The van der Waals surface area contributed by atoms with Crippen LogP contribution in [0.2, 0.25) is 0 Å².